The molecule has 1 aliphatic rings. The zero-order valence-electron chi connectivity index (χ0n) is 22.2. The van der Waals surface area contributed by atoms with Gasteiger partial charge in [0, 0.05) is 26.0 Å². The number of allylic oxidation sites excluding steroid dienone is 5. The monoisotopic (exact) mass is 592 g/mol. The van der Waals surface area contributed by atoms with Gasteiger partial charge in [-0.25, -0.2) is 0 Å². The number of rotatable bonds is 4. The second-order valence-electron chi connectivity index (χ2n) is 10.7. The number of benzene rings is 5. The highest BCUT2D eigenvalue weighted by atomic mass is 79.9. The van der Waals surface area contributed by atoms with Crippen LogP contribution in [0.1, 0.15) is 22.3 Å². The van der Waals surface area contributed by atoms with Gasteiger partial charge in [-0.3, -0.25) is 0 Å². The van der Waals surface area contributed by atoms with Gasteiger partial charge in [-0.1, -0.05) is 101 Å². The first-order chi connectivity index (χ1) is 20.2. The summed E-state index contributed by atoms with van der Waals surface area (Å²) in [4.78, 5) is 0. The van der Waals surface area contributed by atoms with Crippen LogP contribution in [0.4, 0.5) is 0 Å². The molecule has 196 valence electrons. The standard InChI is InChI=1S/C38H25BrO2/c1-2-3-4-9-25-20-24-14-17-28(39)23-33(24)38(25,26-15-18-36-31(21-26)29-10-5-7-12-34(29)40-36)27-16-19-37-32(22-27)30-11-6-8-13-35(30)41-37/h2-19,21-23H,1,20H2/b4-3-,25-9+. The molecule has 0 atom stereocenters. The van der Waals surface area contributed by atoms with E-state index in [1.54, 1.807) is 0 Å². The number of hydrogen-bond acceptors (Lipinski definition) is 2. The first-order valence-corrected chi connectivity index (χ1v) is 14.6. The lowest BCUT2D eigenvalue weighted by Gasteiger charge is -2.34. The molecule has 8 rings (SSSR count). The van der Waals surface area contributed by atoms with Crippen molar-refractivity contribution < 1.29 is 8.83 Å². The van der Waals surface area contributed by atoms with Crippen molar-refractivity contribution in [3.8, 4) is 0 Å². The SMILES string of the molecule is C=C/C=C\C=C1/Cc2ccc(Br)cc2C1(c1ccc2oc3ccccc3c2c1)c1ccc2oc3ccccc3c2c1. The van der Waals surface area contributed by atoms with Crippen LogP contribution in [-0.4, -0.2) is 0 Å². The molecular weight excluding hydrogens is 568 g/mol. The van der Waals surface area contributed by atoms with Crippen LogP contribution in [0.3, 0.4) is 0 Å². The third-order valence-electron chi connectivity index (χ3n) is 8.50. The molecule has 7 aromatic rings. The van der Waals surface area contributed by atoms with E-state index in [1.807, 2.05) is 36.4 Å². The van der Waals surface area contributed by atoms with Gasteiger partial charge in [-0.2, -0.15) is 0 Å². The van der Waals surface area contributed by atoms with E-state index in [1.165, 1.54) is 27.8 Å². The Kier molecular flexibility index (Phi) is 5.45. The largest absolute Gasteiger partial charge is 0.456 e. The zero-order chi connectivity index (χ0) is 27.6. The van der Waals surface area contributed by atoms with Crippen LogP contribution in [0.25, 0.3) is 43.9 Å². The van der Waals surface area contributed by atoms with Gasteiger partial charge in [-0.15, -0.1) is 0 Å². The fraction of sp³-hybridized carbons (Fsp3) is 0.0526. The van der Waals surface area contributed by atoms with Gasteiger partial charge in [0.2, 0.25) is 0 Å². The predicted molar refractivity (Wildman–Crippen MR) is 173 cm³/mol. The fourth-order valence-electron chi connectivity index (χ4n) is 6.76. The molecule has 0 radical (unpaired) electrons. The van der Waals surface area contributed by atoms with Crippen molar-refractivity contribution in [2.24, 2.45) is 0 Å². The summed E-state index contributed by atoms with van der Waals surface area (Å²) in [5.74, 6) is 0. The Hall–Kier alpha value is -4.60. The molecule has 0 aliphatic heterocycles. The third kappa shape index (κ3) is 3.55. The van der Waals surface area contributed by atoms with Crippen LogP contribution in [-0.2, 0) is 11.8 Å². The molecule has 5 aromatic carbocycles. The molecule has 1 aliphatic carbocycles. The molecule has 0 N–H and O–H groups in total. The molecule has 2 aromatic heterocycles. The van der Waals surface area contributed by atoms with Crippen molar-refractivity contribution in [1.82, 2.24) is 0 Å². The van der Waals surface area contributed by atoms with E-state index in [0.717, 1.165) is 54.8 Å². The lowest BCUT2D eigenvalue weighted by molar-refractivity contribution is 0.667. The summed E-state index contributed by atoms with van der Waals surface area (Å²) < 4.78 is 13.5. The van der Waals surface area contributed by atoms with E-state index in [9.17, 15) is 0 Å². The Morgan fingerprint density at radius 3 is 1.83 bits per heavy atom. The quantitative estimate of drug-likeness (QED) is 0.190. The molecule has 0 bridgehead atoms. The first kappa shape index (κ1) is 24.2. The smallest absolute Gasteiger partial charge is 0.135 e. The van der Waals surface area contributed by atoms with E-state index in [2.05, 4.69) is 114 Å². The maximum absolute atomic E-state index is 6.24. The second kappa shape index (κ2) is 9.22. The van der Waals surface area contributed by atoms with Crippen molar-refractivity contribution >= 4 is 59.8 Å². The predicted octanol–water partition coefficient (Wildman–Crippen LogP) is 10.8. The second-order valence-corrected chi connectivity index (χ2v) is 11.6. The summed E-state index contributed by atoms with van der Waals surface area (Å²) in [6, 6.07) is 36.7. The molecule has 0 saturated heterocycles. The van der Waals surface area contributed by atoms with Crippen molar-refractivity contribution in [2.75, 3.05) is 0 Å². The number of hydrogen-bond donors (Lipinski definition) is 0. The number of fused-ring (bicyclic) bond motifs is 7. The van der Waals surface area contributed by atoms with Crippen molar-refractivity contribution in [2.45, 2.75) is 11.8 Å². The van der Waals surface area contributed by atoms with Gasteiger partial charge >= 0.3 is 0 Å². The summed E-state index contributed by atoms with van der Waals surface area (Å²) in [5, 5.41) is 4.49. The Balaban J connectivity index is 1.51. The molecule has 0 spiro atoms. The molecule has 41 heavy (non-hydrogen) atoms. The zero-order valence-corrected chi connectivity index (χ0v) is 23.8. The van der Waals surface area contributed by atoms with E-state index >= 15 is 0 Å². The summed E-state index contributed by atoms with van der Waals surface area (Å²) in [7, 11) is 0. The highest BCUT2D eigenvalue weighted by Crippen LogP contribution is 2.54. The molecule has 0 saturated carbocycles. The van der Waals surface area contributed by atoms with Gasteiger partial charge < -0.3 is 8.83 Å². The van der Waals surface area contributed by atoms with Crippen LogP contribution >= 0.6 is 15.9 Å². The average molecular weight is 594 g/mol. The highest BCUT2D eigenvalue weighted by molar-refractivity contribution is 9.10. The fourth-order valence-corrected chi connectivity index (χ4v) is 7.13. The normalized spacial score (nSPS) is 15.6. The average Bonchev–Trinajstić information content (AvgIpc) is 3.66. The Morgan fingerprint density at radius 2 is 1.22 bits per heavy atom. The van der Waals surface area contributed by atoms with Crippen LogP contribution in [0.15, 0.2) is 153 Å². The summed E-state index contributed by atoms with van der Waals surface area (Å²) in [6.45, 7) is 3.90. The molecule has 0 fully saturated rings. The Bertz CT molecular complexity index is 2110. The third-order valence-corrected chi connectivity index (χ3v) is 9.00. The number of furan rings is 2. The lowest BCUT2D eigenvalue weighted by atomic mass is 9.67. The molecular formula is C38H25BrO2. The Morgan fingerprint density at radius 1 is 0.634 bits per heavy atom. The highest BCUT2D eigenvalue weighted by Gasteiger charge is 2.46. The van der Waals surface area contributed by atoms with Crippen molar-refractivity contribution in [3.05, 3.63) is 166 Å². The first-order valence-electron chi connectivity index (χ1n) is 13.8. The molecule has 0 unspecified atom stereocenters. The van der Waals surface area contributed by atoms with E-state index < -0.39 is 5.41 Å². The topological polar surface area (TPSA) is 26.3 Å². The van der Waals surface area contributed by atoms with Crippen molar-refractivity contribution in [3.63, 3.8) is 0 Å². The van der Waals surface area contributed by atoms with E-state index in [-0.39, 0.29) is 0 Å². The van der Waals surface area contributed by atoms with Crippen molar-refractivity contribution in [1.29, 1.82) is 0 Å². The molecule has 3 heteroatoms. The molecule has 2 heterocycles. The van der Waals surface area contributed by atoms with E-state index in [4.69, 9.17) is 8.83 Å². The van der Waals surface area contributed by atoms with Crippen LogP contribution in [0.2, 0.25) is 0 Å². The van der Waals surface area contributed by atoms with Gasteiger partial charge in [0.25, 0.3) is 0 Å². The number of halogens is 1. The van der Waals surface area contributed by atoms with Gasteiger partial charge in [-0.05, 0) is 82.8 Å². The Labute approximate surface area is 246 Å². The van der Waals surface area contributed by atoms with Gasteiger partial charge in [0.05, 0.1) is 5.41 Å². The van der Waals surface area contributed by atoms with E-state index in [0.29, 0.717) is 0 Å². The number of para-hydroxylation sites is 2. The molecule has 0 amide bonds. The summed E-state index contributed by atoms with van der Waals surface area (Å²) >= 11 is 3.80. The van der Waals surface area contributed by atoms with Gasteiger partial charge in [0.1, 0.15) is 22.3 Å². The van der Waals surface area contributed by atoms with Crippen LogP contribution in [0.5, 0.6) is 0 Å². The lowest BCUT2D eigenvalue weighted by Crippen LogP contribution is -2.29. The maximum Gasteiger partial charge on any atom is 0.135 e. The van der Waals surface area contributed by atoms with Crippen LogP contribution in [0, 0.1) is 0 Å². The van der Waals surface area contributed by atoms with Crippen LogP contribution < -0.4 is 0 Å². The summed E-state index contributed by atoms with van der Waals surface area (Å²) in [6.07, 6.45) is 9.04. The summed E-state index contributed by atoms with van der Waals surface area (Å²) in [5.41, 5.74) is 9.39. The minimum atomic E-state index is -0.524. The molecule has 2 nitrogen and oxygen atoms in total. The minimum Gasteiger partial charge on any atom is -0.456 e. The van der Waals surface area contributed by atoms with Gasteiger partial charge in [0.15, 0.2) is 0 Å². The maximum atomic E-state index is 6.24. The minimum absolute atomic E-state index is 0.524.